The van der Waals surface area contributed by atoms with E-state index in [0.717, 1.165) is 45.5 Å². The quantitative estimate of drug-likeness (QED) is 0.0842. The van der Waals surface area contributed by atoms with E-state index in [1.165, 1.54) is 5.56 Å². The van der Waals surface area contributed by atoms with E-state index in [1.807, 2.05) is 36.4 Å². The normalized spacial score (nSPS) is 9.87. The Morgan fingerprint density at radius 1 is 0.652 bits per heavy atom. The van der Waals surface area contributed by atoms with Gasteiger partial charge in [-0.25, -0.2) is 14.6 Å². The van der Waals surface area contributed by atoms with E-state index in [1.54, 1.807) is 18.3 Å². The molecule has 0 radical (unpaired) electrons. The van der Waals surface area contributed by atoms with Gasteiger partial charge in [-0.05, 0) is 103 Å². The van der Waals surface area contributed by atoms with Gasteiger partial charge < -0.3 is 18.9 Å². The highest BCUT2D eigenvalue weighted by molar-refractivity contribution is 5.81. The molecule has 0 fully saturated rings. The summed E-state index contributed by atoms with van der Waals surface area (Å²) >= 11 is 0. The first-order valence-electron chi connectivity index (χ1n) is 14.5. The highest BCUT2D eigenvalue weighted by atomic mass is 16.6. The summed E-state index contributed by atoms with van der Waals surface area (Å²) in [6.07, 6.45) is 3.82. The molecule has 3 aromatic carbocycles. The standard InChI is InChI=1S/C39H33NO6/c1-5-37(41)45-23-21-43-35-18-12-30(13-19-35)7-8-32-25-28(3)39(29(4)26-32)33-14-9-31(10-15-33)11-16-34-17-20-36(27-40-34)44-22-24-46-38(42)6-2/h5-6,9-10,12-15,17-20,25-27H,1-2,21-24H2,3-4H3. The van der Waals surface area contributed by atoms with Crippen molar-refractivity contribution in [3.05, 3.63) is 138 Å². The maximum atomic E-state index is 11.1. The topological polar surface area (TPSA) is 84.0 Å². The summed E-state index contributed by atoms with van der Waals surface area (Å²) in [5.41, 5.74) is 7.83. The molecule has 0 aliphatic rings. The molecule has 1 heterocycles. The highest BCUT2D eigenvalue weighted by Crippen LogP contribution is 2.28. The molecule has 0 bridgehead atoms. The molecule has 0 saturated carbocycles. The summed E-state index contributed by atoms with van der Waals surface area (Å²) < 4.78 is 20.9. The second-order valence-corrected chi connectivity index (χ2v) is 9.91. The fourth-order valence-corrected chi connectivity index (χ4v) is 4.39. The molecule has 7 heteroatoms. The van der Waals surface area contributed by atoms with Gasteiger partial charge in [0.2, 0.25) is 0 Å². The van der Waals surface area contributed by atoms with Crippen LogP contribution in [0.4, 0.5) is 0 Å². The first-order chi connectivity index (χ1) is 22.3. The van der Waals surface area contributed by atoms with E-state index in [2.05, 4.69) is 79.9 Å². The number of pyridine rings is 1. The monoisotopic (exact) mass is 611 g/mol. The molecular formula is C39H33NO6. The summed E-state index contributed by atoms with van der Waals surface area (Å²) in [5.74, 6) is 13.0. The van der Waals surface area contributed by atoms with E-state index >= 15 is 0 Å². The van der Waals surface area contributed by atoms with E-state index < -0.39 is 11.9 Å². The van der Waals surface area contributed by atoms with Crippen molar-refractivity contribution in [3.63, 3.8) is 0 Å². The van der Waals surface area contributed by atoms with Gasteiger partial charge in [-0.1, -0.05) is 43.1 Å². The molecule has 46 heavy (non-hydrogen) atoms. The number of esters is 2. The van der Waals surface area contributed by atoms with Crippen LogP contribution in [0.1, 0.15) is 33.5 Å². The molecular weight excluding hydrogens is 578 g/mol. The van der Waals surface area contributed by atoms with Gasteiger partial charge in [0.1, 0.15) is 43.6 Å². The maximum Gasteiger partial charge on any atom is 0.330 e. The minimum Gasteiger partial charge on any atom is -0.490 e. The SMILES string of the molecule is C=CC(=O)OCCOc1ccc(C#Cc2cc(C)c(-c3ccc(C#Cc4ccc(OCCOC(=O)C=C)cn4)cc3)c(C)c2)cc1. The van der Waals surface area contributed by atoms with E-state index in [4.69, 9.17) is 18.9 Å². The van der Waals surface area contributed by atoms with Crippen LogP contribution in [0, 0.1) is 37.5 Å². The average molecular weight is 612 g/mol. The molecule has 230 valence electrons. The van der Waals surface area contributed by atoms with Crippen LogP contribution in [0.2, 0.25) is 0 Å². The number of aromatic nitrogens is 1. The lowest BCUT2D eigenvalue weighted by molar-refractivity contribution is -0.139. The lowest BCUT2D eigenvalue weighted by Crippen LogP contribution is -2.10. The number of benzene rings is 3. The largest absolute Gasteiger partial charge is 0.490 e. The molecule has 0 saturated heterocycles. The van der Waals surface area contributed by atoms with E-state index in [9.17, 15) is 9.59 Å². The van der Waals surface area contributed by atoms with Crippen LogP contribution in [-0.4, -0.2) is 43.4 Å². The van der Waals surface area contributed by atoms with Crippen LogP contribution < -0.4 is 9.47 Å². The maximum absolute atomic E-state index is 11.1. The minimum atomic E-state index is -0.485. The van der Waals surface area contributed by atoms with Crippen molar-refractivity contribution in [2.24, 2.45) is 0 Å². The Morgan fingerprint density at radius 3 is 1.70 bits per heavy atom. The Labute approximate surface area is 269 Å². The van der Waals surface area contributed by atoms with Crippen LogP contribution in [0.5, 0.6) is 11.5 Å². The molecule has 1 aromatic heterocycles. The zero-order valence-electron chi connectivity index (χ0n) is 25.8. The molecule has 4 rings (SSSR count). The number of carbonyl (C=O) groups excluding carboxylic acids is 2. The lowest BCUT2D eigenvalue weighted by Gasteiger charge is -2.11. The zero-order chi connectivity index (χ0) is 32.7. The molecule has 0 aliphatic carbocycles. The Bertz CT molecular complexity index is 1790. The van der Waals surface area contributed by atoms with Crippen molar-refractivity contribution in [3.8, 4) is 46.3 Å². The molecule has 0 atom stereocenters. The molecule has 0 aliphatic heterocycles. The lowest BCUT2D eigenvalue weighted by atomic mass is 9.93. The average Bonchev–Trinajstić information content (AvgIpc) is 3.07. The summed E-state index contributed by atoms with van der Waals surface area (Å²) in [4.78, 5) is 26.5. The Hall–Kier alpha value is -6.05. The smallest absolute Gasteiger partial charge is 0.330 e. The summed E-state index contributed by atoms with van der Waals surface area (Å²) in [5, 5.41) is 0. The van der Waals surface area contributed by atoms with E-state index in [0.29, 0.717) is 17.2 Å². The van der Waals surface area contributed by atoms with Crippen molar-refractivity contribution in [2.45, 2.75) is 13.8 Å². The minimum absolute atomic E-state index is 0.132. The van der Waals surface area contributed by atoms with E-state index in [-0.39, 0.29) is 26.4 Å². The first kappa shape index (κ1) is 32.9. The highest BCUT2D eigenvalue weighted by Gasteiger charge is 2.08. The van der Waals surface area contributed by atoms with Crippen LogP contribution >= 0.6 is 0 Å². The van der Waals surface area contributed by atoms with Crippen LogP contribution in [-0.2, 0) is 19.1 Å². The van der Waals surface area contributed by atoms with Gasteiger partial charge in [-0.15, -0.1) is 0 Å². The molecule has 0 unspecified atom stereocenters. The third-order valence-corrected chi connectivity index (χ3v) is 6.51. The molecule has 7 nitrogen and oxygen atoms in total. The Kier molecular flexibility index (Phi) is 11.9. The third kappa shape index (κ3) is 10.0. The van der Waals surface area contributed by atoms with Gasteiger partial charge in [0.05, 0.1) is 6.20 Å². The molecule has 0 amide bonds. The van der Waals surface area contributed by atoms with Crippen LogP contribution in [0.25, 0.3) is 11.1 Å². The van der Waals surface area contributed by atoms with Crippen molar-refractivity contribution in [1.82, 2.24) is 4.98 Å². The number of ether oxygens (including phenoxy) is 4. The van der Waals surface area contributed by atoms with Gasteiger partial charge in [0.25, 0.3) is 0 Å². The van der Waals surface area contributed by atoms with Gasteiger partial charge in [0.15, 0.2) is 0 Å². The number of rotatable bonds is 11. The predicted molar refractivity (Wildman–Crippen MR) is 177 cm³/mol. The number of carbonyl (C=O) groups is 2. The summed E-state index contributed by atoms with van der Waals surface area (Å²) in [6.45, 7) is 11.7. The molecule has 0 N–H and O–H groups in total. The van der Waals surface area contributed by atoms with Gasteiger partial charge in [0, 0.05) is 28.8 Å². The van der Waals surface area contributed by atoms with Gasteiger partial charge in [-0.3, -0.25) is 0 Å². The third-order valence-electron chi connectivity index (χ3n) is 6.51. The summed E-state index contributed by atoms with van der Waals surface area (Å²) in [6, 6.07) is 23.3. The predicted octanol–water partition coefficient (Wildman–Crippen LogP) is 6.38. The van der Waals surface area contributed by atoms with Gasteiger partial charge >= 0.3 is 11.9 Å². The summed E-state index contributed by atoms with van der Waals surface area (Å²) in [7, 11) is 0. The van der Waals surface area contributed by atoms with Crippen LogP contribution in [0.3, 0.4) is 0 Å². The molecule has 0 spiro atoms. The van der Waals surface area contributed by atoms with Crippen molar-refractivity contribution >= 4 is 11.9 Å². The van der Waals surface area contributed by atoms with Crippen LogP contribution in [0.15, 0.2) is 104 Å². The fraction of sp³-hybridized carbons (Fsp3) is 0.154. The van der Waals surface area contributed by atoms with Crippen molar-refractivity contribution < 1.29 is 28.5 Å². The Balaban J connectivity index is 1.34. The zero-order valence-corrected chi connectivity index (χ0v) is 25.8. The number of nitrogens with zero attached hydrogens (tertiary/aromatic N) is 1. The Morgan fingerprint density at radius 2 is 1.15 bits per heavy atom. The van der Waals surface area contributed by atoms with Crippen molar-refractivity contribution in [2.75, 3.05) is 26.4 Å². The number of aryl methyl sites for hydroxylation is 2. The van der Waals surface area contributed by atoms with Crippen molar-refractivity contribution in [1.29, 1.82) is 0 Å². The number of hydrogen-bond acceptors (Lipinski definition) is 7. The second-order valence-electron chi connectivity index (χ2n) is 9.91. The second kappa shape index (κ2) is 16.7. The van der Waals surface area contributed by atoms with Gasteiger partial charge in [-0.2, -0.15) is 0 Å². The molecule has 4 aromatic rings. The number of hydrogen-bond donors (Lipinski definition) is 0. The first-order valence-corrected chi connectivity index (χ1v) is 14.5. The fourth-order valence-electron chi connectivity index (χ4n) is 4.39.